The lowest BCUT2D eigenvalue weighted by Crippen LogP contribution is -2.37. The molecule has 0 aliphatic rings. The number of hydrogen-bond donors (Lipinski definition) is 3. The molecule has 1 aromatic rings. The van der Waals surface area contributed by atoms with E-state index in [9.17, 15) is 9.36 Å². The minimum Gasteiger partial charge on any atom is -0.480 e. The zero-order valence-electron chi connectivity index (χ0n) is 11.0. The second-order valence-electron chi connectivity index (χ2n) is 4.14. The first kappa shape index (κ1) is 15.8. The minimum absolute atomic E-state index is 0.0874. The highest BCUT2D eigenvalue weighted by atomic mass is 31.2. The van der Waals surface area contributed by atoms with Crippen molar-refractivity contribution in [2.24, 2.45) is 0 Å². The Morgan fingerprint density at radius 2 is 2.32 bits per heavy atom. The molecule has 2 atom stereocenters. The van der Waals surface area contributed by atoms with E-state index in [1.54, 1.807) is 13.8 Å². The van der Waals surface area contributed by atoms with Crippen molar-refractivity contribution in [3.05, 3.63) is 18.2 Å². The predicted molar refractivity (Wildman–Crippen MR) is 67.7 cm³/mol. The molecule has 0 aromatic carbocycles. The van der Waals surface area contributed by atoms with Crippen molar-refractivity contribution in [2.45, 2.75) is 32.4 Å². The molecular weight excluding hydrogens is 273 g/mol. The molecule has 1 aromatic heterocycles. The summed E-state index contributed by atoms with van der Waals surface area (Å²) >= 11 is 0. The van der Waals surface area contributed by atoms with Crippen LogP contribution in [0.4, 0.5) is 0 Å². The van der Waals surface area contributed by atoms with Gasteiger partial charge in [-0.2, -0.15) is 0 Å². The van der Waals surface area contributed by atoms with E-state index in [4.69, 9.17) is 14.2 Å². The third-order valence-electron chi connectivity index (χ3n) is 2.18. The topological polar surface area (TPSA) is 114 Å². The van der Waals surface area contributed by atoms with E-state index in [2.05, 4.69) is 15.1 Å². The van der Waals surface area contributed by atoms with Crippen LogP contribution < -0.4 is 5.09 Å². The smallest absolute Gasteiger partial charge is 0.406 e. The number of hydrogen-bond acceptors (Lipinski definition) is 5. The molecule has 108 valence electrons. The Hall–Kier alpha value is -1.21. The summed E-state index contributed by atoms with van der Waals surface area (Å²) in [5.41, 5.74) is 0.604. The number of carbonyl (C=O) groups is 1. The summed E-state index contributed by atoms with van der Waals surface area (Å²) in [5.74, 6) is -1.15. The van der Waals surface area contributed by atoms with E-state index in [1.807, 2.05) is 0 Å². The van der Waals surface area contributed by atoms with Gasteiger partial charge in [-0.15, -0.1) is 0 Å². The fourth-order valence-electron chi connectivity index (χ4n) is 1.40. The quantitative estimate of drug-likeness (QED) is 0.616. The SMILES string of the molecule is COP(=O)(N[C@@H](Cc1cnc[nH]1)C(=O)O)OC(C)C. The zero-order valence-corrected chi connectivity index (χ0v) is 11.9. The van der Waals surface area contributed by atoms with Crippen LogP contribution in [0.15, 0.2) is 12.5 Å². The van der Waals surface area contributed by atoms with Crippen molar-refractivity contribution in [1.29, 1.82) is 0 Å². The van der Waals surface area contributed by atoms with Crippen molar-refractivity contribution in [1.82, 2.24) is 15.1 Å². The molecule has 0 saturated heterocycles. The molecule has 0 radical (unpaired) electrons. The lowest BCUT2D eigenvalue weighted by atomic mass is 10.2. The van der Waals surface area contributed by atoms with E-state index < -0.39 is 19.8 Å². The van der Waals surface area contributed by atoms with Gasteiger partial charge in [0.25, 0.3) is 0 Å². The average molecular weight is 291 g/mol. The summed E-state index contributed by atoms with van der Waals surface area (Å²) in [7, 11) is -2.45. The molecule has 0 fully saturated rings. The number of aromatic amines is 1. The second-order valence-corrected chi connectivity index (χ2v) is 5.96. The molecule has 0 saturated carbocycles. The number of imidazole rings is 1. The number of nitrogens with one attached hydrogen (secondary N) is 2. The number of carboxylic acid groups (broad SMARTS) is 1. The molecule has 0 amide bonds. The number of rotatable bonds is 8. The maximum Gasteiger partial charge on any atom is 0.406 e. The highest BCUT2D eigenvalue weighted by molar-refractivity contribution is 7.51. The van der Waals surface area contributed by atoms with Crippen LogP contribution in [0.1, 0.15) is 19.5 Å². The first-order chi connectivity index (χ1) is 8.86. The van der Waals surface area contributed by atoms with Crippen LogP contribution in [-0.2, 0) is 24.8 Å². The van der Waals surface area contributed by atoms with Gasteiger partial charge in [-0.1, -0.05) is 0 Å². The average Bonchev–Trinajstić information content (AvgIpc) is 2.80. The van der Waals surface area contributed by atoms with Crippen molar-refractivity contribution >= 4 is 13.7 Å². The van der Waals surface area contributed by atoms with Gasteiger partial charge in [-0.25, -0.2) is 14.6 Å². The van der Waals surface area contributed by atoms with Crippen LogP contribution in [0.25, 0.3) is 0 Å². The van der Waals surface area contributed by atoms with Gasteiger partial charge in [0.1, 0.15) is 6.04 Å². The van der Waals surface area contributed by atoms with Gasteiger partial charge in [0.15, 0.2) is 0 Å². The molecule has 0 aliphatic heterocycles. The third-order valence-corrected chi connectivity index (χ3v) is 3.99. The van der Waals surface area contributed by atoms with Crippen molar-refractivity contribution in [3.63, 3.8) is 0 Å². The molecule has 8 nitrogen and oxygen atoms in total. The Morgan fingerprint density at radius 3 is 2.74 bits per heavy atom. The molecular formula is C10H18N3O5P. The van der Waals surface area contributed by atoms with Gasteiger partial charge in [0.05, 0.1) is 12.4 Å². The van der Waals surface area contributed by atoms with E-state index in [0.717, 1.165) is 0 Å². The molecule has 1 unspecified atom stereocenters. The summed E-state index contributed by atoms with van der Waals surface area (Å²) in [4.78, 5) is 17.7. The minimum atomic E-state index is -3.65. The van der Waals surface area contributed by atoms with Crippen LogP contribution >= 0.6 is 7.75 Å². The molecule has 0 aliphatic carbocycles. The van der Waals surface area contributed by atoms with Gasteiger partial charge in [0.2, 0.25) is 0 Å². The van der Waals surface area contributed by atoms with Gasteiger partial charge in [-0.05, 0) is 13.8 Å². The summed E-state index contributed by atoms with van der Waals surface area (Å²) in [5, 5.41) is 11.5. The summed E-state index contributed by atoms with van der Waals surface area (Å²) in [6.07, 6.45) is 2.66. The first-order valence-corrected chi connectivity index (χ1v) is 7.22. The van der Waals surface area contributed by atoms with Gasteiger partial charge < -0.3 is 14.6 Å². The maximum absolute atomic E-state index is 12.2. The highest BCUT2D eigenvalue weighted by Gasteiger charge is 2.32. The Balaban J connectivity index is 2.77. The number of H-pyrrole nitrogens is 1. The lowest BCUT2D eigenvalue weighted by Gasteiger charge is -2.22. The Kier molecular flexibility index (Phi) is 5.68. The van der Waals surface area contributed by atoms with E-state index >= 15 is 0 Å². The monoisotopic (exact) mass is 291 g/mol. The summed E-state index contributed by atoms with van der Waals surface area (Å²) < 4.78 is 22.1. The molecule has 3 N–H and O–H groups in total. The summed E-state index contributed by atoms with van der Waals surface area (Å²) in [6, 6.07) is -1.11. The van der Waals surface area contributed by atoms with Crippen LogP contribution in [0.2, 0.25) is 0 Å². The first-order valence-electron chi connectivity index (χ1n) is 5.68. The van der Waals surface area contributed by atoms with Crippen LogP contribution in [0.5, 0.6) is 0 Å². The molecule has 9 heteroatoms. The largest absolute Gasteiger partial charge is 0.480 e. The third kappa shape index (κ3) is 5.12. The van der Waals surface area contributed by atoms with Crippen LogP contribution in [0, 0.1) is 0 Å². The fraction of sp³-hybridized carbons (Fsp3) is 0.600. The van der Waals surface area contributed by atoms with Crippen molar-refractivity contribution < 1.29 is 23.5 Å². The number of aliphatic carboxylic acids is 1. The van der Waals surface area contributed by atoms with Gasteiger partial charge in [-0.3, -0.25) is 9.32 Å². The van der Waals surface area contributed by atoms with Crippen LogP contribution in [0.3, 0.4) is 0 Å². The normalized spacial score (nSPS) is 16.2. The lowest BCUT2D eigenvalue weighted by molar-refractivity contribution is -0.139. The summed E-state index contributed by atoms with van der Waals surface area (Å²) in [6.45, 7) is 3.36. The Bertz CT molecular complexity index is 448. The fourth-order valence-corrected chi connectivity index (χ4v) is 2.79. The molecule has 19 heavy (non-hydrogen) atoms. The second kappa shape index (κ2) is 6.81. The van der Waals surface area contributed by atoms with Crippen molar-refractivity contribution in [2.75, 3.05) is 7.11 Å². The van der Waals surface area contributed by atoms with Gasteiger partial charge in [0, 0.05) is 25.4 Å². The number of aromatic nitrogens is 2. The molecule has 1 rings (SSSR count). The maximum atomic E-state index is 12.2. The number of carboxylic acids is 1. The predicted octanol–water partition coefficient (Wildman–Crippen LogP) is 1.17. The molecule has 0 spiro atoms. The molecule has 1 heterocycles. The Labute approximate surface area is 111 Å². The standard InChI is InChI=1S/C10H18N3O5P/c1-7(2)18-19(16,17-3)13-9(10(14)15)4-8-5-11-6-12-8/h5-7,9H,4H2,1-3H3,(H,11,12)(H,13,16)(H,14,15)/t9-,19?/m0/s1. The van der Waals surface area contributed by atoms with E-state index in [-0.39, 0.29) is 12.5 Å². The number of nitrogens with zero attached hydrogens (tertiary/aromatic N) is 1. The highest BCUT2D eigenvalue weighted by Crippen LogP contribution is 2.44. The Morgan fingerprint density at radius 1 is 1.63 bits per heavy atom. The van der Waals surface area contributed by atoms with Crippen LogP contribution in [-0.4, -0.2) is 40.3 Å². The van der Waals surface area contributed by atoms with Crippen molar-refractivity contribution in [3.8, 4) is 0 Å². The van der Waals surface area contributed by atoms with E-state index in [1.165, 1.54) is 19.6 Å². The van der Waals surface area contributed by atoms with Gasteiger partial charge >= 0.3 is 13.7 Å². The molecule has 0 bridgehead atoms. The zero-order chi connectivity index (χ0) is 14.5. The van der Waals surface area contributed by atoms with E-state index in [0.29, 0.717) is 5.69 Å².